The van der Waals surface area contributed by atoms with E-state index in [0.29, 0.717) is 30.2 Å². The number of fused-ring (bicyclic) bond motifs is 1. The molecule has 6 nitrogen and oxygen atoms in total. The molecule has 0 aromatic carbocycles. The van der Waals surface area contributed by atoms with Gasteiger partial charge in [-0.1, -0.05) is 18.7 Å². The molecule has 25 heavy (non-hydrogen) atoms. The topological polar surface area (TPSA) is 73.2 Å². The van der Waals surface area contributed by atoms with Gasteiger partial charge < -0.3 is 10.1 Å². The van der Waals surface area contributed by atoms with Crippen molar-refractivity contribution in [2.24, 2.45) is 0 Å². The number of methoxy groups -OCH3 is 1. The molecule has 0 unspecified atom stereocenters. The second-order valence-corrected chi connectivity index (χ2v) is 8.06. The first-order chi connectivity index (χ1) is 12.0. The van der Waals surface area contributed by atoms with Crippen molar-refractivity contribution in [3.63, 3.8) is 0 Å². The van der Waals surface area contributed by atoms with Crippen LogP contribution in [-0.2, 0) is 22.5 Å². The van der Waals surface area contributed by atoms with Crippen molar-refractivity contribution in [1.82, 2.24) is 14.9 Å². The Morgan fingerprint density at radius 1 is 1.48 bits per heavy atom. The Morgan fingerprint density at radius 2 is 2.24 bits per heavy atom. The molecule has 0 aliphatic carbocycles. The lowest BCUT2D eigenvalue weighted by Crippen LogP contribution is -2.31. The lowest BCUT2D eigenvalue weighted by Gasteiger charge is -2.15. The number of thiophene rings is 1. The maximum atomic E-state index is 12.9. The normalized spacial score (nSPS) is 12.5. The van der Waals surface area contributed by atoms with Gasteiger partial charge in [0.05, 0.1) is 10.6 Å². The van der Waals surface area contributed by atoms with Crippen LogP contribution in [0.4, 0.5) is 0 Å². The second-order valence-electron chi connectivity index (χ2n) is 5.64. The number of nitrogens with zero attached hydrogens (tertiary/aromatic N) is 2. The third kappa shape index (κ3) is 4.83. The number of aryl methyl sites for hydroxylation is 1. The van der Waals surface area contributed by atoms with Gasteiger partial charge >= 0.3 is 0 Å². The summed E-state index contributed by atoms with van der Waals surface area (Å²) in [4.78, 5) is 31.6. The Bertz CT molecular complexity index is 785. The number of aromatic nitrogens is 2. The van der Waals surface area contributed by atoms with E-state index in [1.807, 2.05) is 19.9 Å². The molecule has 0 saturated carbocycles. The van der Waals surface area contributed by atoms with Crippen molar-refractivity contribution in [1.29, 1.82) is 0 Å². The molecular weight excluding hydrogens is 358 g/mol. The first-order valence-corrected chi connectivity index (χ1v) is 10.2. The van der Waals surface area contributed by atoms with Crippen LogP contribution in [0, 0.1) is 0 Å². The third-order valence-electron chi connectivity index (χ3n) is 3.75. The average molecular weight is 384 g/mol. The summed E-state index contributed by atoms with van der Waals surface area (Å²) in [5, 5.41) is 3.75. The summed E-state index contributed by atoms with van der Waals surface area (Å²) in [6.07, 6.45) is 1.60. The largest absolute Gasteiger partial charge is 0.385 e. The van der Waals surface area contributed by atoms with E-state index in [4.69, 9.17) is 4.74 Å². The van der Waals surface area contributed by atoms with Crippen LogP contribution in [-0.4, -0.2) is 41.0 Å². The maximum Gasteiger partial charge on any atom is 0.262 e. The Kier molecular flexibility index (Phi) is 7.46. The molecule has 0 aliphatic rings. The fourth-order valence-electron chi connectivity index (χ4n) is 2.41. The van der Waals surface area contributed by atoms with E-state index >= 15 is 0 Å². The summed E-state index contributed by atoms with van der Waals surface area (Å²) in [6, 6.07) is 1.93. The van der Waals surface area contributed by atoms with Gasteiger partial charge in [0.15, 0.2) is 5.16 Å². The summed E-state index contributed by atoms with van der Waals surface area (Å²) >= 11 is 2.87. The van der Waals surface area contributed by atoms with Gasteiger partial charge in [0.2, 0.25) is 5.91 Å². The predicted octanol–water partition coefficient (Wildman–Crippen LogP) is 2.67. The number of carbonyl (C=O) groups is 1. The van der Waals surface area contributed by atoms with Crippen LogP contribution in [0.1, 0.15) is 32.1 Å². The number of hydrogen-bond donors (Lipinski definition) is 1. The van der Waals surface area contributed by atoms with E-state index in [0.717, 1.165) is 22.5 Å². The molecule has 0 fully saturated rings. The number of carbonyl (C=O) groups excluding carboxylic acids is 1. The van der Waals surface area contributed by atoms with E-state index in [1.165, 1.54) is 11.8 Å². The fraction of sp³-hybridized carbons (Fsp3) is 0.588. The van der Waals surface area contributed by atoms with Crippen LogP contribution in [0.5, 0.6) is 0 Å². The minimum atomic E-state index is -0.316. The number of thioether (sulfide) groups is 1. The summed E-state index contributed by atoms with van der Waals surface area (Å²) in [5.74, 6) is -0.0503. The van der Waals surface area contributed by atoms with E-state index in [1.54, 1.807) is 23.0 Å². The van der Waals surface area contributed by atoms with Crippen LogP contribution in [0.2, 0.25) is 0 Å². The van der Waals surface area contributed by atoms with Crippen molar-refractivity contribution in [3.05, 3.63) is 21.3 Å². The molecule has 0 aliphatic heterocycles. The van der Waals surface area contributed by atoms with Gasteiger partial charge in [-0.2, -0.15) is 0 Å². The Morgan fingerprint density at radius 3 is 2.88 bits per heavy atom. The highest BCUT2D eigenvalue weighted by molar-refractivity contribution is 8.00. The van der Waals surface area contributed by atoms with Crippen LogP contribution in [0.25, 0.3) is 10.2 Å². The van der Waals surface area contributed by atoms with Gasteiger partial charge in [0, 0.05) is 31.7 Å². The summed E-state index contributed by atoms with van der Waals surface area (Å²) < 4.78 is 6.77. The zero-order valence-corrected chi connectivity index (χ0v) is 16.8. The highest BCUT2D eigenvalue weighted by atomic mass is 32.2. The lowest BCUT2D eigenvalue weighted by atomic mass is 10.3. The quantitative estimate of drug-likeness (QED) is 0.409. The van der Waals surface area contributed by atoms with Crippen molar-refractivity contribution >= 4 is 39.2 Å². The summed E-state index contributed by atoms with van der Waals surface area (Å²) in [6.45, 7) is 7.47. The molecule has 2 aromatic rings. The Balaban J connectivity index is 2.41. The molecule has 0 saturated heterocycles. The van der Waals surface area contributed by atoms with Crippen LogP contribution in [0.15, 0.2) is 16.0 Å². The van der Waals surface area contributed by atoms with Crippen LogP contribution in [0.3, 0.4) is 0 Å². The van der Waals surface area contributed by atoms with Gasteiger partial charge in [-0.05, 0) is 32.8 Å². The van der Waals surface area contributed by atoms with Crippen LogP contribution < -0.4 is 10.9 Å². The third-order valence-corrected chi connectivity index (χ3v) is 6.01. The molecule has 2 heterocycles. The maximum absolute atomic E-state index is 12.9. The first-order valence-electron chi connectivity index (χ1n) is 8.48. The first kappa shape index (κ1) is 19.9. The number of rotatable bonds is 9. The standard InChI is InChI=1S/C17H25N3O3S2/c1-5-12-10-13-15(25-12)19-17(24-11(3)14(21)18-6-2)20(16(13)22)8-7-9-23-4/h10-11H,5-9H2,1-4H3,(H,18,21)/t11-/m1/s1. The minimum absolute atomic E-state index is 0.0392. The molecule has 0 spiro atoms. The van der Waals surface area contributed by atoms with E-state index in [2.05, 4.69) is 17.2 Å². The fourth-order valence-corrected chi connectivity index (χ4v) is 4.37. The highest BCUT2D eigenvalue weighted by Gasteiger charge is 2.20. The lowest BCUT2D eigenvalue weighted by molar-refractivity contribution is -0.120. The van der Waals surface area contributed by atoms with Crippen LogP contribution >= 0.6 is 23.1 Å². The summed E-state index contributed by atoms with van der Waals surface area (Å²) in [7, 11) is 1.64. The molecule has 2 rings (SSSR count). The average Bonchev–Trinajstić information content (AvgIpc) is 3.01. The van der Waals surface area contributed by atoms with Crippen molar-refractivity contribution < 1.29 is 9.53 Å². The molecule has 0 radical (unpaired) electrons. The zero-order valence-electron chi connectivity index (χ0n) is 15.1. The van der Waals surface area contributed by atoms with Crippen molar-refractivity contribution in [2.45, 2.75) is 50.6 Å². The monoisotopic (exact) mass is 383 g/mol. The molecule has 8 heteroatoms. The second kappa shape index (κ2) is 9.35. The van der Waals surface area contributed by atoms with Crippen molar-refractivity contribution in [3.8, 4) is 0 Å². The van der Waals surface area contributed by atoms with E-state index in [9.17, 15) is 9.59 Å². The number of nitrogens with one attached hydrogen (secondary N) is 1. The molecule has 1 amide bonds. The molecular formula is C17H25N3O3S2. The van der Waals surface area contributed by atoms with Gasteiger partial charge in [0.25, 0.3) is 5.56 Å². The molecule has 1 N–H and O–H groups in total. The predicted molar refractivity (Wildman–Crippen MR) is 104 cm³/mol. The number of ether oxygens (including phenoxy) is 1. The number of amides is 1. The Labute approximate surface area is 156 Å². The molecule has 138 valence electrons. The van der Waals surface area contributed by atoms with E-state index < -0.39 is 0 Å². The van der Waals surface area contributed by atoms with Crippen molar-refractivity contribution in [2.75, 3.05) is 20.3 Å². The SMILES string of the molecule is CCNC(=O)[C@@H](C)Sc1nc2sc(CC)cc2c(=O)n1CCCOC. The highest BCUT2D eigenvalue weighted by Crippen LogP contribution is 2.27. The van der Waals surface area contributed by atoms with Gasteiger partial charge in [-0.3, -0.25) is 14.2 Å². The molecule has 2 aromatic heterocycles. The van der Waals surface area contributed by atoms with E-state index in [-0.39, 0.29) is 16.7 Å². The molecule has 0 bridgehead atoms. The Hall–Kier alpha value is -1.38. The number of hydrogen-bond acceptors (Lipinski definition) is 6. The summed E-state index contributed by atoms with van der Waals surface area (Å²) in [5.41, 5.74) is -0.0392. The van der Waals surface area contributed by atoms with Gasteiger partial charge in [-0.25, -0.2) is 4.98 Å². The van der Waals surface area contributed by atoms with Gasteiger partial charge in [-0.15, -0.1) is 11.3 Å². The van der Waals surface area contributed by atoms with Gasteiger partial charge in [0.1, 0.15) is 4.83 Å². The smallest absolute Gasteiger partial charge is 0.262 e. The zero-order chi connectivity index (χ0) is 18.4. The molecule has 1 atom stereocenters. The minimum Gasteiger partial charge on any atom is -0.385 e.